The van der Waals surface area contributed by atoms with Crippen LogP contribution in [-0.4, -0.2) is 20.8 Å². The molecule has 0 aliphatic heterocycles. The second-order valence-corrected chi connectivity index (χ2v) is 6.92. The lowest BCUT2D eigenvalue weighted by molar-refractivity contribution is 0.354. The molecule has 0 radical (unpaired) electrons. The molecular formula is C25H25NO2. The molecule has 28 heavy (non-hydrogen) atoms. The molecule has 4 rings (SSSR count). The summed E-state index contributed by atoms with van der Waals surface area (Å²) in [5, 5.41) is 3.78. The van der Waals surface area contributed by atoms with Gasteiger partial charge in [-0.2, -0.15) is 0 Å². The minimum Gasteiger partial charge on any atom is -0.493 e. The molecule has 3 aromatic carbocycles. The molecule has 0 amide bonds. The van der Waals surface area contributed by atoms with Crippen molar-refractivity contribution in [2.75, 3.05) is 20.8 Å². The molecule has 0 saturated heterocycles. The summed E-state index contributed by atoms with van der Waals surface area (Å²) < 4.78 is 10.8. The summed E-state index contributed by atoms with van der Waals surface area (Å²) >= 11 is 0. The Morgan fingerprint density at radius 1 is 0.750 bits per heavy atom. The normalized spacial score (nSPS) is 12.8. The minimum absolute atomic E-state index is 0.169. The molecule has 1 N–H and O–H groups in total. The lowest BCUT2D eigenvalue weighted by atomic mass is 9.94. The Bertz CT molecular complexity index is 944. The maximum atomic E-state index is 5.43. The van der Waals surface area contributed by atoms with Gasteiger partial charge >= 0.3 is 0 Å². The third-order valence-corrected chi connectivity index (χ3v) is 5.27. The fourth-order valence-electron chi connectivity index (χ4n) is 3.82. The summed E-state index contributed by atoms with van der Waals surface area (Å²) in [7, 11) is 3.33. The van der Waals surface area contributed by atoms with E-state index in [2.05, 4.69) is 78.1 Å². The Balaban J connectivity index is 1.56. The topological polar surface area (TPSA) is 30.5 Å². The van der Waals surface area contributed by atoms with Crippen LogP contribution in [0.15, 0.2) is 66.7 Å². The molecule has 0 aromatic heterocycles. The van der Waals surface area contributed by atoms with Gasteiger partial charge in [-0.1, -0.05) is 66.7 Å². The minimum atomic E-state index is 0.169. The second kappa shape index (κ2) is 8.32. The Hall–Kier alpha value is -3.04. The lowest BCUT2D eigenvalue weighted by Gasteiger charge is -2.22. The van der Waals surface area contributed by atoms with Crippen LogP contribution in [0.25, 0.3) is 12.2 Å². The van der Waals surface area contributed by atoms with E-state index in [1.165, 1.54) is 27.8 Å². The molecule has 0 atom stereocenters. The van der Waals surface area contributed by atoms with Gasteiger partial charge in [0, 0.05) is 6.54 Å². The van der Waals surface area contributed by atoms with E-state index in [1.54, 1.807) is 14.2 Å². The largest absolute Gasteiger partial charge is 0.493 e. The third-order valence-electron chi connectivity index (χ3n) is 5.27. The van der Waals surface area contributed by atoms with Gasteiger partial charge in [-0.15, -0.1) is 0 Å². The van der Waals surface area contributed by atoms with Gasteiger partial charge in [-0.25, -0.2) is 0 Å². The van der Waals surface area contributed by atoms with Crippen LogP contribution in [0.3, 0.4) is 0 Å². The highest BCUT2D eigenvalue weighted by Crippen LogP contribution is 2.33. The average molecular weight is 371 g/mol. The molecule has 0 heterocycles. The van der Waals surface area contributed by atoms with Crippen LogP contribution in [0.5, 0.6) is 11.5 Å². The van der Waals surface area contributed by atoms with Crippen molar-refractivity contribution in [3.8, 4) is 11.5 Å². The van der Waals surface area contributed by atoms with Crippen molar-refractivity contribution in [1.82, 2.24) is 5.32 Å². The molecule has 0 fully saturated rings. The highest BCUT2D eigenvalue weighted by atomic mass is 16.5. The van der Waals surface area contributed by atoms with Crippen molar-refractivity contribution in [2.45, 2.75) is 12.5 Å². The van der Waals surface area contributed by atoms with Crippen molar-refractivity contribution in [1.29, 1.82) is 0 Å². The van der Waals surface area contributed by atoms with Gasteiger partial charge in [0.1, 0.15) is 0 Å². The molecule has 1 aliphatic rings. The number of benzene rings is 3. The van der Waals surface area contributed by atoms with Crippen LogP contribution in [0, 0.1) is 0 Å². The first kappa shape index (κ1) is 18.3. The molecule has 0 spiro atoms. The van der Waals surface area contributed by atoms with Gasteiger partial charge < -0.3 is 14.8 Å². The molecule has 3 heteroatoms. The van der Waals surface area contributed by atoms with Crippen LogP contribution >= 0.6 is 0 Å². The van der Waals surface area contributed by atoms with Crippen LogP contribution in [0.2, 0.25) is 0 Å². The summed E-state index contributed by atoms with van der Waals surface area (Å²) in [6.45, 7) is 0.864. The van der Waals surface area contributed by atoms with Gasteiger partial charge in [-0.3, -0.25) is 0 Å². The Morgan fingerprint density at radius 2 is 1.36 bits per heavy atom. The Labute approximate surface area is 166 Å². The average Bonchev–Trinajstić information content (AvgIpc) is 2.91. The zero-order chi connectivity index (χ0) is 19.3. The van der Waals surface area contributed by atoms with Crippen molar-refractivity contribution in [3.05, 3.63) is 94.5 Å². The zero-order valence-electron chi connectivity index (χ0n) is 16.3. The highest BCUT2D eigenvalue weighted by molar-refractivity contribution is 5.76. The molecule has 0 bridgehead atoms. The number of methoxy groups -OCH3 is 2. The molecule has 3 aromatic rings. The van der Waals surface area contributed by atoms with Crippen LogP contribution in [0.4, 0.5) is 0 Å². The standard InChI is InChI=1S/C25H25NO2/c1-27-23-14-11-18(17-24(23)28-2)15-16-26-25-21-9-5-3-7-19(21)12-13-20-8-4-6-10-22(20)25/h3-14,17,25-26H,15-16H2,1-2H3. The number of nitrogens with one attached hydrogen (secondary N) is 1. The van der Waals surface area contributed by atoms with E-state index in [0.29, 0.717) is 0 Å². The van der Waals surface area contributed by atoms with Gasteiger partial charge in [0.2, 0.25) is 0 Å². The van der Waals surface area contributed by atoms with Gasteiger partial charge in [0.25, 0.3) is 0 Å². The monoisotopic (exact) mass is 371 g/mol. The molecule has 0 unspecified atom stereocenters. The van der Waals surface area contributed by atoms with E-state index < -0.39 is 0 Å². The van der Waals surface area contributed by atoms with E-state index in [-0.39, 0.29) is 6.04 Å². The number of rotatable bonds is 6. The number of hydrogen-bond donors (Lipinski definition) is 1. The number of fused-ring (bicyclic) bond motifs is 2. The maximum absolute atomic E-state index is 5.43. The van der Waals surface area contributed by atoms with Crippen molar-refractivity contribution >= 4 is 12.2 Å². The molecule has 0 saturated carbocycles. The predicted molar refractivity (Wildman–Crippen MR) is 115 cm³/mol. The summed E-state index contributed by atoms with van der Waals surface area (Å²) in [6, 6.07) is 23.5. The first-order valence-electron chi connectivity index (χ1n) is 9.60. The smallest absolute Gasteiger partial charge is 0.160 e. The SMILES string of the molecule is COc1ccc(CCNC2c3ccccc3C=Cc3ccccc32)cc1OC. The fraction of sp³-hybridized carbons (Fsp3) is 0.200. The molecular weight excluding hydrogens is 346 g/mol. The number of ether oxygens (including phenoxy) is 2. The first-order valence-corrected chi connectivity index (χ1v) is 9.60. The maximum Gasteiger partial charge on any atom is 0.160 e. The quantitative estimate of drug-likeness (QED) is 0.653. The van der Waals surface area contributed by atoms with Gasteiger partial charge in [-0.05, 0) is 46.4 Å². The summed E-state index contributed by atoms with van der Waals surface area (Å²) in [6.07, 6.45) is 5.34. The van der Waals surface area contributed by atoms with Crippen molar-refractivity contribution in [3.63, 3.8) is 0 Å². The predicted octanol–water partition coefficient (Wildman–Crippen LogP) is 5.11. The Kier molecular flexibility index (Phi) is 5.45. The third kappa shape index (κ3) is 3.67. The van der Waals surface area contributed by atoms with Crippen molar-refractivity contribution in [2.24, 2.45) is 0 Å². The number of hydrogen-bond acceptors (Lipinski definition) is 3. The molecule has 3 nitrogen and oxygen atoms in total. The summed E-state index contributed by atoms with van der Waals surface area (Å²) in [5.41, 5.74) is 6.38. The van der Waals surface area contributed by atoms with E-state index in [9.17, 15) is 0 Å². The van der Waals surface area contributed by atoms with Crippen LogP contribution in [-0.2, 0) is 6.42 Å². The van der Waals surface area contributed by atoms with Gasteiger partial charge in [0.05, 0.1) is 20.3 Å². The lowest BCUT2D eigenvalue weighted by Crippen LogP contribution is -2.25. The fourth-order valence-corrected chi connectivity index (χ4v) is 3.82. The highest BCUT2D eigenvalue weighted by Gasteiger charge is 2.20. The van der Waals surface area contributed by atoms with Crippen LogP contribution < -0.4 is 14.8 Å². The van der Waals surface area contributed by atoms with E-state index in [1.807, 2.05) is 6.07 Å². The van der Waals surface area contributed by atoms with Crippen LogP contribution in [0.1, 0.15) is 33.9 Å². The molecule has 142 valence electrons. The second-order valence-electron chi connectivity index (χ2n) is 6.92. The first-order chi connectivity index (χ1) is 13.8. The Morgan fingerprint density at radius 3 is 1.96 bits per heavy atom. The van der Waals surface area contributed by atoms with E-state index in [4.69, 9.17) is 9.47 Å². The van der Waals surface area contributed by atoms with E-state index >= 15 is 0 Å². The summed E-state index contributed by atoms with van der Waals surface area (Å²) in [4.78, 5) is 0. The summed E-state index contributed by atoms with van der Waals surface area (Å²) in [5.74, 6) is 1.53. The molecule has 1 aliphatic carbocycles. The zero-order valence-corrected chi connectivity index (χ0v) is 16.3. The van der Waals surface area contributed by atoms with Crippen molar-refractivity contribution < 1.29 is 9.47 Å². The van der Waals surface area contributed by atoms with E-state index in [0.717, 1.165) is 24.5 Å². The van der Waals surface area contributed by atoms with Gasteiger partial charge in [0.15, 0.2) is 11.5 Å².